The molecule has 0 aromatic heterocycles. The van der Waals surface area contributed by atoms with Gasteiger partial charge in [-0.05, 0) is 28.8 Å². The molecule has 0 saturated carbocycles. The minimum Gasteiger partial charge on any atom is -0.481 e. The topological polar surface area (TPSA) is 87.2 Å². The van der Waals surface area contributed by atoms with Crippen molar-refractivity contribution < 1.29 is 9.90 Å². The van der Waals surface area contributed by atoms with Gasteiger partial charge in [0.05, 0.1) is 5.92 Å². The van der Waals surface area contributed by atoms with Crippen molar-refractivity contribution in [2.24, 2.45) is 5.73 Å². The van der Waals surface area contributed by atoms with Gasteiger partial charge >= 0.3 is 5.97 Å². The van der Waals surface area contributed by atoms with Crippen molar-refractivity contribution in [1.82, 2.24) is 0 Å². The average molecular weight is 284 g/mol. The Morgan fingerprint density at radius 1 is 1.24 bits per heavy atom. The van der Waals surface area contributed by atoms with E-state index in [0.717, 1.165) is 29.2 Å². The number of carboxylic acid groups (broad SMARTS) is 1. The van der Waals surface area contributed by atoms with Crippen LogP contribution in [0.25, 0.3) is 10.8 Å². The number of fused-ring (bicyclic) bond motifs is 1. The highest BCUT2D eigenvalue weighted by atomic mass is 16.4. The molecule has 110 valence electrons. The fourth-order valence-corrected chi connectivity index (χ4v) is 2.49. The molecule has 21 heavy (non-hydrogen) atoms. The van der Waals surface area contributed by atoms with E-state index >= 15 is 0 Å². The molecule has 0 aliphatic heterocycles. The number of hydrogen-bond donors (Lipinski definition) is 3. The number of nitrogen functional groups attached to an aromatic ring is 1. The Morgan fingerprint density at radius 3 is 2.52 bits per heavy atom. The summed E-state index contributed by atoms with van der Waals surface area (Å²) in [5.41, 5.74) is 6.99. The number of nitrogens with one attached hydrogen (secondary N) is 1. The van der Waals surface area contributed by atoms with Crippen molar-refractivity contribution >= 4 is 22.6 Å². The molecule has 4 N–H and O–H groups in total. The van der Waals surface area contributed by atoms with Crippen LogP contribution < -0.4 is 5.73 Å². The van der Waals surface area contributed by atoms with Crippen LogP contribution >= 0.6 is 0 Å². The van der Waals surface area contributed by atoms with Crippen molar-refractivity contribution in [3.63, 3.8) is 0 Å². The molecule has 2 rings (SSSR count). The molecule has 0 heterocycles. The van der Waals surface area contributed by atoms with Gasteiger partial charge in [0, 0.05) is 5.56 Å². The average Bonchev–Trinajstić information content (AvgIpc) is 2.46. The van der Waals surface area contributed by atoms with Crippen LogP contribution in [0.4, 0.5) is 0 Å². The summed E-state index contributed by atoms with van der Waals surface area (Å²) in [6.45, 7) is 2.06. The molecule has 1 atom stereocenters. The van der Waals surface area contributed by atoms with Gasteiger partial charge in [0.1, 0.15) is 5.84 Å². The van der Waals surface area contributed by atoms with Gasteiger partial charge in [-0.3, -0.25) is 10.2 Å². The zero-order chi connectivity index (χ0) is 15.4. The Balaban J connectivity index is 2.39. The van der Waals surface area contributed by atoms with Crippen molar-refractivity contribution in [2.75, 3.05) is 0 Å². The van der Waals surface area contributed by atoms with Crippen molar-refractivity contribution in [3.8, 4) is 0 Å². The molecule has 0 radical (unpaired) electrons. The van der Waals surface area contributed by atoms with E-state index in [9.17, 15) is 9.90 Å². The molecule has 4 nitrogen and oxygen atoms in total. The van der Waals surface area contributed by atoms with Crippen LogP contribution in [0.3, 0.4) is 0 Å². The second kappa shape index (κ2) is 6.39. The predicted octanol–water partition coefficient (Wildman–Crippen LogP) is 3.48. The van der Waals surface area contributed by atoms with Gasteiger partial charge < -0.3 is 10.8 Å². The molecule has 0 aliphatic rings. The second-order valence-electron chi connectivity index (χ2n) is 5.27. The molecule has 0 amide bonds. The van der Waals surface area contributed by atoms with E-state index in [-0.39, 0.29) is 5.84 Å². The summed E-state index contributed by atoms with van der Waals surface area (Å²) in [4.78, 5) is 11.4. The Morgan fingerprint density at radius 2 is 1.90 bits per heavy atom. The zero-order valence-electron chi connectivity index (χ0n) is 12.1. The molecule has 2 aromatic rings. The van der Waals surface area contributed by atoms with Gasteiger partial charge in [-0.15, -0.1) is 0 Å². The minimum absolute atomic E-state index is 0.0346. The van der Waals surface area contributed by atoms with Gasteiger partial charge in [0.15, 0.2) is 0 Å². The standard InChI is InChI=1S/C17H20N2O2/c1-2-3-4-15(17(20)21)13-7-5-12-10-14(16(18)19)8-6-11(12)9-13/h5-10,15H,2-4H2,1H3,(H3,18,19)(H,20,21). The van der Waals surface area contributed by atoms with Crippen LogP contribution in [0.15, 0.2) is 36.4 Å². The van der Waals surface area contributed by atoms with Crippen molar-refractivity contribution in [2.45, 2.75) is 32.1 Å². The molecule has 4 heteroatoms. The summed E-state index contributed by atoms with van der Waals surface area (Å²) >= 11 is 0. The predicted molar refractivity (Wildman–Crippen MR) is 84.9 cm³/mol. The Kier molecular flexibility index (Phi) is 4.58. The van der Waals surface area contributed by atoms with Crippen LogP contribution in [-0.2, 0) is 4.79 Å². The molecular weight excluding hydrogens is 264 g/mol. The third-order valence-electron chi connectivity index (χ3n) is 3.72. The van der Waals surface area contributed by atoms with Crippen LogP contribution in [0.1, 0.15) is 43.2 Å². The molecule has 0 aliphatic carbocycles. The Labute approximate surface area is 124 Å². The molecular formula is C17H20N2O2. The zero-order valence-corrected chi connectivity index (χ0v) is 12.1. The van der Waals surface area contributed by atoms with Gasteiger partial charge in [-0.1, -0.05) is 50.1 Å². The van der Waals surface area contributed by atoms with Gasteiger partial charge in [0.2, 0.25) is 0 Å². The van der Waals surface area contributed by atoms with E-state index in [4.69, 9.17) is 11.1 Å². The van der Waals surface area contributed by atoms with E-state index < -0.39 is 11.9 Å². The lowest BCUT2D eigenvalue weighted by molar-refractivity contribution is -0.139. The quantitative estimate of drug-likeness (QED) is 0.560. The Hall–Kier alpha value is -2.36. The van der Waals surface area contributed by atoms with Gasteiger partial charge in [-0.2, -0.15) is 0 Å². The summed E-state index contributed by atoms with van der Waals surface area (Å²) in [6, 6.07) is 11.2. The molecule has 0 fully saturated rings. The first-order valence-corrected chi connectivity index (χ1v) is 7.14. The number of nitrogens with two attached hydrogens (primary N) is 1. The lowest BCUT2D eigenvalue weighted by atomic mass is 9.91. The highest BCUT2D eigenvalue weighted by Gasteiger charge is 2.19. The minimum atomic E-state index is -0.775. The SMILES string of the molecule is CCCCC(C(=O)O)c1ccc2cc(C(=N)N)ccc2c1. The maximum absolute atomic E-state index is 11.4. The first-order valence-electron chi connectivity index (χ1n) is 7.14. The number of carbonyl (C=O) groups is 1. The van der Waals surface area contributed by atoms with E-state index in [1.54, 1.807) is 6.07 Å². The van der Waals surface area contributed by atoms with E-state index in [1.165, 1.54) is 0 Å². The number of carboxylic acids is 1. The summed E-state index contributed by atoms with van der Waals surface area (Å²) in [6.07, 6.45) is 2.54. The van der Waals surface area contributed by atoms with Crippen LogP contribution in [-0.4, -0.2) is 16.9 Å². The van der Waals surface area contributed by atoms with E-state index in [0.29, 0.717) is 12.0 Å². The maximum Gasteiger partial charge on any atom is 0.310 e. The number of aliphatic carboxylic acids is 1. The molecule has 1 unspecified atom stereocenters. The third kappa shape index (κ3) is 3.40. The summed E-state index contributed by atoms with van der Waals surface area (Å²) in [5, 5.41) is 18.8. The molecule has 0 saturated heterocycles. The van der Waals surface area contributed by atoms with Crippen LogP contribution in [0, 0.1) is 5.41 Å². The lowest BCUT2D eigenvalue weighted by Gasteiger charge is -2.13. The largest absolute Gasteiger partial charge is 0.481 e. The number of amidine groups is 1. The highest BCUT2D eigenvalue weighted by Crippen LogP contribution is 2.26. The maximum atomic E-state index is 11.4. The van der Waals surface area contributed by atoms with Crippen LogP contribution in [0.2, 0.25) is 0 Å². The third-order valence-corrected chi connectivity index (χ3v) is 3.72. The van der Waals surface area contributed by atoms with Gasteiger partial charge in [0.25, 0.3) is 0 Å². The monoisotopic (exact) mass is 284 g/mol. The normalized spacial score (nSPS) is 12.2. The van der Waals surface area contributed by atoms with E-state index in [1.807, 2.05) is 30.3 Å². The molecule has 0 spiro atoms. The van der Waals surface area contributed by atoms with Crippen molar-refractivity contribution in [1.29, 1.82) is 5.41 Å². The second-order valence-corrected chi connectivity index (χ2v) is 5.27. The summed E-state index contributed by atoms with van der Waals surface area (Å²) in [5.74, 6) is -1.20. The smallest absolute Gasteiger partial charge is 0.310 e. The van der Waals surface area contributed by atoms with Crippen molar-refractivity contribution in [3.05, 3.63) is 47.5 Å². The first kappa shape index (κ1) is 15.0. The Bertz CT molecular complexity index is 680. The van der Waals surface area contributed by atoms with E-state index in [2.05, 4.69) is 6.92 Å². The molecule has 0 bridgehead atoms. The fourth-order valence-electron chi connectivity index (χ4n) is 2.49. The number of unbranched alkanes of at least 4 members (excludes halogenated alkanes) is 1. The summed E-state index contributed by atoms with van der Waals surface area (Å²) in [7, 11) is 0. The molecule has 2 aromatic carbocycles. The highest BCUT2D eigenvalue weighted by molar-refractivity contribution is 5.99. The van der Waals surface area contributed by atoms with Gasteiger partial charge in [-0.25, -0.2) is 0 Å². The first-order chi connectivity index (χ1) is 10.0. The number of hydrogen-bond acceptors (Lipinski definition) is 2. The van der Waals surface area contributed by atoms with Crippen LogP contribution in [0.5, 0.6) is 0 Å². The number of rotatable bonds is 6. The fraction of sp³-hybridized carbons (Fsp3) is 0.294. The lowest BCUT2D eigenvalue weighted by Crippen LogP contribution is -2.12. The number of benzene rings is 2. The summed E-state index contributed by atoms with van der Waals surface area (Å²) < 4.78 is 0.